The Labute approximate surface area is 111 Å². The van der Waals surface area contributed by atoms with Crippen LogP contribution in [-0.4, -0.2) is 10.4 Å². The van der Waals surface area contributed by atoms with E-state index in [9.17, 15) is 0 Å². The molecule has 1 heterocycles. The second-order valence-electron chi connectivity index (χ2n) is 4.77. The maximum Gasteiger partial charge on any atom is 0.0447 e. The van der Waals surface area contributed by atoms with E-state index in [4.69, 9.17) is 11.6 Å². The van der Waals surface area contributed by atoms with Crippen LogP contribution in [0.4, 0.5) is 0 Å². The zero-order valence-corrected chi connectivity index (χ0v) is 11.8. The van der Waals surface area contributed by atoms with Gasteiger partial charge in [0, 0.05) is 23.7 Å². The van der Waals surface area contributed by atoms with Crippen molar-refractivity contribution in [1.82, 2.24) is 4.98 Å². The molecule has 1 aromatic heterocycles. The summed E-state index contributed by atoms with van der Waals surface area (Å²) in [6.45, 7) is 4.35. The minimum atomic E-state index is 0.241. The van der Waals surface area contributed by atoms with Crippen molar-refractivity contribution in [2.75, 3.05) is 0 Å². The molecule has 1 unspecified atom stereocenters. The molecule has 2 heteroatoms. The lowest BCUT2D eigenvalue weighted by Gasteiger charge is -2.10. The Morgan fingerprint density at radius 3 is 2.71 bits per heavy atom. The summed E-state index contributed by atoms with van der Waals surface area (Å²) < 4.78 is 0. The Morgan fingerprint density at radius 1 is 1.24 bits per heavy atom. The van der Waals surface area contributed by atoms with Gasteiger partial charge in [-0.15, -0.1) is 11.6 Å². The number of nitrogens with zero attached hydrogens (tertiary/aromatic N) is 1. The number of aryl methyl sites for hydroxylation is 1. The van der Waals surface area contributed by atoms with Gasteiger partial charge in [0.1, 0.15) is 0 Å². The second kappa shape index (κ2) is 8.52. The lowest BCUT2D eigenvalue weighted by atomic mass is 10.0. The van der Waals surface area contributed by atoms with Crippen LogP contribution in [0, 0.1) is 6.92 Å². The first-order valence-corrected chi connectivity index (χ1v) is 7.22. The third-order valence-electron chi connectivity index (χ3n) is 3.15. The van der Waals surface area contributed by atoms with Crippen LogP contribution in [0.15, 0.2) is 18.3 Å². The third-order valence-corrected chi connectivity index (χ3v) is 3.53. The van der Waals surface area contributed by atoms with E-state index in [0.29, 0.717) is 0 Å². The summed E-state index contributed by atoms with van der Waals surface area (Å²) in [6, 6.07) is 4.08. The SMILES string of the molecule is CCCCCCCC(Cl)Cc1ncccc1C. The number of alkyl halides is 1. The van der Waals surface area contributed by atoms with Gasteiger partial charge in [0.15, 0.2) is 0 Å². The molecule has 96 valence electrons. The van der Waals surface area contributed by atoms with E-state index < -0.39 is 0 Å². The highest BCUT2D eigenvalue weighted by atomic mass is 35.5. The Morgan fingerprint density at radius 2 is 2.00 bits per heavy atom. The second-order valence-corrected chi connectivity index (χ2v) is 5.39. The van der Waals surface area contributed by atoms with E-state index in [2.05, 4.69) is 24.9 Å². The predicted octanol–water partition coefficient (Wildman–Crippen LogP) is 4.90. The van der Waals surface area contributed by atoms with Crippen LogP contribution in [0.3, 0.4) is 0 Å². The van der Waals surface area contributed by atoms with Crippen LogP contribution < -0.4 is 0 Å². The van der Waals surface area contributed by atoms with Crippen molar-refractivity contribution < 1.29 is 0 Å². The summed E-state index contributed by atoms with van der Waals surface area (Å²) in [5, 5.41) is 0.241. The molecular weight excluding hydrogens is 230 g/mol. The smallest absolute Gasteiger partial charge is 0.0447 e. The molecule has 0 saturated heterocycles. The predicted molar refractivity (Wildman–Crippen MR) is 75.7 cm³/mol. The number of rotatable bonds is 8. The van der Waals surface area contributed by atoms with Crippen LogP contribution in [0.25, 0.3) is 0 Å². The molecule has 1 atom stereocenters. The fourth-order valence-corrected chi connectivity index (χ4v) is 2.31. The van der Waals surface area contributed by atoms with E-state index >= 15 is 0 Å². The van der Waals surface area contributed by atoms with Crippen molar-refractivity contribution >= 4 is 11.6 Å². The summed E-state index contributed by atoms with van der Waals surface area (Å²) in [6.07, 6.45) is 10.4. The maximum absolute atomic E-state index is 6.36. The standard InChI is InChI=1S/C15H24ClN/c1-3-4-5-6-7-10-14(16)12-15-13(2)9-8-11-17-15/h8-9,11,14H,3-7,10,12H2,1-2H3. The first-order valence-electron chi connectivity index (χ1n) is 6.78. The fraction of sp³-hybridized carbons (Fsp3) is 0.667. The van der Waals surface area contributed by atoms with E-state index in [1.54, 1.807) is 0 Å². The van der Waals surface area contributed by atoms with Crippen molar-refractivity contribution in [1.29, 1.82) is 0 Å². The highest BCUT2D eigenvalue weighted by Crippen LogP contribution is 2.16. The largest absolute Gasteiger partial charge is 0.261 e. The third kappa shape index (κ3) is 6.07. The first-order chi connectivity index (χ1) is 8.24. The molecule has 0 N–H and O–H groups in total. The molecule has 0 aliphatic heterocycles. The van der Waals surface area contributed by atoms with Crippen LogP contribution in [0.1, 0.15) is 56.7 Å². The molecule has 0 aromatic carbocycles. The minimum absolute atomic E-state index is 0.241. The van der Waals surface area contributed by atoms with Gasteiger partial charge in [0.2, 0.25) is 0 Å². The minimum Gasteiger partial charge on any atom is -0.261 e. The molecule has 1 nitrogen and oxygen atoms in total. The number of hydrogen-bond donors (Lipinski definition) is 0. The van der Waals surface area contributed by atoms with E-state index in [0.717, 1.165) is 18.5 Å². The van der Waals surface area contributed by atoms with Gasteiger partial charge in [-0.25, -0.2) is 0 Å². The van der Waals surface area contributed by atoms with Gasteiger partial charge in [-0.05, 0) is 25.0 Å². The van der Waals surface area contributed by atoms with Crippen molar-refractivity contribution in [2.24, 2.45) is 0 Å². The zero-order valence-electron chi connectivity index (χ0n) is 11.1. The van der Waals surface area contributed by atoms with Gasteiger partial charge in [-0.3, -0.25) is 4.98 Å². The molecule has 0 spiro atoms. The summed E-state index contributed by atoms with van der Waals surface area (Å²) >= 11 is 6.36. The summed E-state index contributed by atoms with van der Waals surface area (Å²) in [4.78, 5) is 4.39. The Hall–Kier alpha value is -0.560. The monoisotopic (exact) mass is 253 g/mol. The van der Waals surface area contributed by atoms with Crippen molar-refractivity contribution in [2.45, 2.75) is 64.2 Å². The Bertz CT molecular complexity index is 312. The Kier molecular flexibility index (Phi) is 7.27. The maximum atomic E-state index is 6.36. The first kappa shape index (κ1) is 14.5. The molecule has 1 rings (SSSR count). The van der Waals surface area contributed by atoms with E-state index in [-0.39, 0.29) is 5.38 Å². The molecule has 0 aliphatic rings. The van der Waals surface area contributed by atoms with Crippen molar-refractivity contribution in [3.8, 4) is 0 Å². The summed E-state index contributed by atoms with van der Waals surface area (Å²) in [5.74, 6) is 0. The zero-order chi connectivity index (χ0) is 12.5. The van der Waals surface area contributed by atoms with Crippen molar-refractivity contribution in [3.05, 3.63) is 29.6 Å². The van der Waals surface area contributed by atoms with Gasteiger partial charge in [-0.1, -0.05) is 45.1 Å². The molecular formula is C15H24ClN. The highest BCUT2D eigenvalue weighted by Gasteiger charge is 2.08. The highest BCUT2D eigenvalue weighted by molar-refractivity contribution is 6.20. The molecule has 17 heavy (non-hydrogen) atoms. The van der Waals surface area contributed by atoms with Crippen LogP contribution in [0.5, 0.6) is 0 Å². The quantitative estimate of drug-likeness (QED) is 0.474. The van der Waals surface area contributed by atoms with Crippen molar-refractivity contribution in [3.63, 3.8) is 0 Å². The average Bonchev–Trinajstić information content (AvgIpc) is 2.32. The number of unbranched alkanes of at least 4 members (excludes halogenated alkanes) is 4. The fourth-order valence-electron chi connectivity index (χ4n) is 2.01. The van der Waals surface area contributed by atoms with Gasteiger partial charge in [0.05, 0.1) is 0 Å². The molecule has 0 saturated carbocycles. The molecule has 0 amide bonds. The summed E-state index contributed by atoms with van der Waals surface area (Å²) in [5.41, 5.74) is 2.41. The van der Waals surface area contributed by atoms with E-state index in [1.807, 2.05) is 12.3 Å². The van der Waals surface area contributed by atoms with Gasteiger partial charge < -0.3 is 0 Å². The lowest BCUT2D eigenvalue weighted by molar-refractivity contribution is 0.590. The van der Waals surface area contributed by atoms with Gasteiger partial charge in [0.25, 0.3) is 0 Å². The molecule has 0 bridgehead atoms. The number of aromatic nitrogens is 1. The van der Waals surface area contributed by atoms with Gasteiger partial charge in [-0.2, -0.15) is 0 Å². The molecule has 0 radical (unpaired) electrons. The number of halogens is 1. The average molecular weight is 254 g/mol. The lowest BCUT2D eigenvalue weighted by Crippen LogP contribution is -2.06. The van der Waals surface area contributed by atoms with E-state index in [1.165, 1.54) is 37.7 Å². The molecule has 1 aromatic rings. The molecule has 0 fully saturated rings. The summed E-state index contributed by atoms with van der Waals surface area (Å²) in [7, 11) is 0. The Balaban J connectivity index is 2.21. The van der Waals surface area contributed by atoms with Crippen LogP contribution in [-0.2, 0) is 6.42 Å². The normalized spacial score (nSPS) is 12.6. The van der Waals surface area contributed by atoms with Crippen LogP contribution in [0.2, 0.25) is 0 Å². The van der Waals surface area contributed by atoms with Gasteiger partial charge >= 0.3 is 0 Å². The number of pyridine rings is 1. The molecule has 0 aliphatic carbocycles. The van der Waals surface area contributed by atoms with Crippen LogP contribution >= 0.6 is 11.6 Å². The number of hydrogen-bond acceptors (Lipinski definition) is 1. The topological polar surface area (TPSA) is 12.9 Å².